The Morgan fingerprint density at radius 2 is 2.11 bits per heavy atom. The number of benzene rings is 1. The van der Waals surface area contributed by atoms with Crippen molar-refractivity contribution in [2.45, 2.75) is 52.1 Å². The zero-order chi connectivity index (χ0) is 19.6. The summed E-state index contributed by atoms with van der Waals surface area (Å²) in [6, 6.07) is 4.58. The van der Waals surface area contributed by atoms with E-state index in [1.54, 1.807) is 19.9 Å². The standard InChI is InChI=1S/C20H24FN3O3/c1-12-8-14(10-15(21)9-12)13(2)19(25)22-11-16-18(20(26)27-3)17-6-4-5-7-24(17)23-16/h8-10,13H,4-7,11H2,1-3H3,(H,22,25). The SMILES string of the molecule is COC(=O)c1c(CNC(=O)C(C)c2cc(C)cc(F)c2)nn2c1CCCC2. The number of ether oxygens (including phenoxy) is 1. The zero-order valence-corrected chi connectivity index (χ0v) is 15.8. The van der Waals surface area contributed by atoms with Crippen LogP contribution in [0.5, 0.6) is 0 Å². The topological polar surface area (TPSA) is 73.2 Å². The second kappa shape index (κ2) is 7.90. The number of amides is 1. The van der Waals surface area contributed by atoms with Crippen molar-refractivity contribution >= 4 is 11.9 Å². The number of esters is 1. The lowest BCUT2D eigenvalue weighted by molar-refractivity contribution is -0.122. The highest BCUT2D eigenvalue weighted by Gasteiger charge is 2.26. The molecule has 0 fully saturated rings. The second-order valence-corrected chi connectivity index (χ2v) is 6.94. The van der Waals surface area contributed by atoms with Gasteiger partial charge in [0, 0.05) is 6.54 Å². The maximum Gasteiger partial charge on any atom is 0.341 e. The number of nitrogens with zero attached hydrogens (tertiary/aromatic N) is 2. The number of halogens is 1. The molecular formula is C20H24FN3O3. The summed E-state index contributed by atoms with van der Waals surface area (Å²) in [5, 5.41) is 7.31. The van der Waals surface area contributed by atoms with Crippen LogP contribution < -0.4 is 5.32 Å². The molecule has 2 aromatic rings. The Hall–Kier alpha value is -2.70. The highest BCUT2D eigenvalue weighted by atomic mass is 19.1. The van der Waals surface area contributed by atoms with Crippen LogP contribution >= 0.6 is 0 Å². The van der Waals surface area contributed by atoms with E-state index in [1.807, 2.05) is 4.68 Å². The van der Waals surface area contributed by atoms with Gasteiger partial charge in [-0.3, -0.25) is 9.48 Å². The van der Waals surface area contributed by atoms with Gasteiger partial charge in [0.15, 0.2) is 0 Å². The van der Waals surface area contributed by atoms with E-state index in [-0.39, 0.29) is 18.3 Å². The molecule has 1 aliphatic heterocycles. The predicted octanol–water partition coefficient (Wildman–Crippen LogP) is 2.87. The van der Waals surface area contributed by atoms with Crippen LogP contribution in [0.1, 0.15) is 58.6 Å². The molecular weight excluding hydrogens is 349 g/mol. The van der Waals surface area contributed by atoms with E-state index in [0.717, 1.165) is 37.1 Å². The number of nitrogens with one attached hydrogen (secondary N) is 1. The first-order chi connectivity index (χ1) is 12.9. The molecule has 1 atom stereocenters. The van der Waals surface area contributed by atoms with Gasteiger partial charge < -0.3 is 10.1 Å². The summed E-state index contributed by atoms with van der Waals surface area (Å²) in [4.78, 5) is 24.8. The first-order valence-corrected chi connectivity index (χ1v) is 9.12. The summed E-state index contributed by atoms with van der Waals surface area (Å²) in [7, 11) is 1.34. The minimum atomic E-state index is -0.516. The molecule has 1 unspecified atom stereocenters. The van der Waals surface area contributed by atoms with Crippen molar-refractivity contribution in [2.75, 3.05) is 7.11 Å². The number of aryl methyl sites for hydroxylation is 2. The molecule has 1 aromatic carbocycles. The molecule has 1 N–H and O–H groups in total. The van der Waals surface area contributed by atoms with Gasteiger partial charge in [-0.25, -0.2) is 9.18 Å². The van der Waals surface area contributed by atoms with Crippen LogP contribution in [-0.4, -0.2) is 28.8 Å². The summed E-state index contributed by atoms with van der Waals surface area (Å²) < 4.78 is 20.4. The molecule has 0 bridgehead atoms. The number of rotatable bonds is 5. The van der Waals surface area contributed by atoms with Gasteiger partial charge in [0.1, 0.15) is 11.4 Å². The molecule has 144 valence electrons. The molecule has 2 heterocycles. The van der Waals surface area contributed by atoms with Crippen molar-refractivity contribution < 1.29 is 18.7 Å². The average molecular weight is 373 g/mol. The summed E-state index contributed by atoms with van der Waals surface area (Å²) in [5.74, 6) is -1.56. The minimum absolute atomic E-state index is 0.127. The molecule has 0 aliphatic carbocycles. The van der Waals surface area contributed by atoms with Crippen LogP contribution in [0, 0.1) is 12.7 Å². The fourth-order valence-corrected chi connectivity index (χ4v) is 3.50. The number of fused-ring (bicyclic) bond motifs is 1. The second-order valence-electron chi connectivity index (χ2n) is 6.94. The molecule has 0 saturated carbocycles. The first-order valence-electron chi connectivity index (χ1n) is 9.12. The molecule has 1 amide bonds. The van der Waals surface area contributed by atoms with Crippen LogP contribution in [0.15, 0.2) is 18.2 Å². The Balaban J connectivity index is 1.77. The van der Waals surface area contributed by atoms with Gasteiger partial charge in [0.25, 0.3) is 0 Å². The van der Waals surface area contributed by atoms with Gasteiger partial charge in [-0.15, -0.1) is 0 Å². The van der Waals surface area contributed by atoms with Crippen LogP contribution in [0.4, 0.5) is 4.39 Å². The third-order valence-electron chi connectivity index (χ3n) is 4.94. The number of hydrogen-bond donors (Lipinski definition) is 1. The average Bonchev–Trinajstić information content (AvgIpc) is 3.02. The first kappa shape index (κ1) is 19.1. The summed E-state index contributed by atoms with van der Waals surface area (Å²) in [6.07, 6.45) is 2.78. The van der Waals surface area contributed by atoms with E-state index in [9.17, 15) is 14.0 Å². The largest absolute Gasteiger partial charge is 0.465 e. The van der Waals surface area contributed by atoms with Crippen LogP contribution in [-0.2, 0) is 29.0 Å². The van der Waals surface area contributed by atoms with E-state index >= 15 is 0 Å². The Morgan fingerprint density at radius 1 is 1.33 bits per heavy atom. The minimum Gasteiger partial charge on any atom is -0.465 e. The number of hydrogen-bond acceptors (Lipinski definition) is 4. The lowest BCUT2D eigenvalue weighted by atomic mass is 9.98. The van der Waals surface area contributed by atoms with Crippen molar-refractivity contribution in [2.24, 2.45) is 0 Å². The van der Waals surface area contributed by atoms with Crippen molar-refractivity contribution in [3.63, 3.8) is 0 Å². The van der Waals surface area contributed by atoms with E-state index < -0.39 is 11.9 Å². The summed E-state index contributed by atoms with van der Waals surface area (Å²) in [5.41, 5.74) is 3.20. The molecule has 3 rings (SSSR count). The van der Waals surface area contributed by atoms with Gasteiger partial charge in [0.2, 0.25) is 5.91 Å². The van der Waals surface area contributed by atoms with Gasteiger partial charge in [0.05, 0.1) is 31.0 Å². The van der Waals surface area contributed by atoms with Crippen LogP contribution in [0.25, 0.3) is 0 Å². The normalized spacial score (nSPS) is 14.4. The van der Waals surface area contributed by atoms with Crippen molar-refractivity contribution in [3.8, 4) is 0 Å². The van der Waals surface area contributed by atoms with Crippen LogP contribution in [0.3, 0.4) is 0 Å². The van der Waals surface area contributed by atoms with Crippen molar-refractivity contribution in [1.82, 2.24) is 15.1 Å². The third-order valence-corrected chi connectivity index (χ3v) is 4.94. The van der Waals surface area contributed by atoms with E-state index in [1.165, 1.54) is 19.2 Å². The maximum atomic E-state index is 13.6. The Morgan fingerprint density at radius 3 is 2.81 bits per heavy atom. The van der Waals surface area contributed by atoms with Gasteiger partial charge in [-0.05, 0) is 56.4 Å². The monoisotopic (exact) mass is 373 g/mol. The maximum absolute atomic E-state index is 13.6. The molecule has 7 heteroatoms. The summed E-state index contributed by atoms with van der Waals surface area (Å²) in [6.45, 7) is 4.40. The van der Waals surface area contributed by atoms with Crippen LogP contribution in [0.2, 0.25) is 0 Å². The number of carbonyl (C=O) groups is 2. The Kier molecular flexibility index (Phi) is 5.58. The lowest BCUT2D eigenvalue weighted by Crippen LogP contribution is -2.28. The molecule has 0 radical (unpaired) electrons. The quantitative estimate of drug-likeness (QED) is 0.818. The fraction of sp³-hybridized carbons (Fsp3) is 0.450. The molecule has 6 nitrogen and oxygen atoms in total. The molecule has 27 heavy (non-hydrogen) atoms. The Labute approximate surface area is 157 Å². The number of aromatic nitrogens is 2. The van der Waals surface area contributed by atoms with E-state index in [2.05, 4.69) is 10.4 Å². The lowest BCUT2D eigenvalue weighted by Gasteiger charge is -2.14. The van der Waals surface area contributed by atoms with Gasteiger partial charge in [-0.2, -0.15) is 5.10 Å². The molecule has 0 spiro atoms. The fourth-order valence-electron chi connectivity index (χ4n) is 3.50. The smallest absolute Gasteiger partial charge is 0.341 e. The molecule has 1 aliphatic rings. The van der Waals surface area contributed by atoms with E-state index in [4.69, 9.17) is 4.74 Å². The van der Waals surface area contributed by atoms with Crippen molar-refractivity contribution in [3.05, 3.63) is 52.1 Å². The Bertz CT molecular complexity index is 855. The molecule has 1 aromatic heterocycles. The third kappa shape index (κ3) is 4.02. The van der Waals surface area contributed by atoms with Gasteiger partial charge >= 0.3 is 5.97 Å². The van der Waals surface area contributed by atoms with Gasteiger partial charge in [-0.1, -0.05) is 6.07 Å². The molecule has 0 saturated heterocycles. The number of carbonyl (C=O) groups excluding carboxylic acids is 2. The highest BCUT2D eigenvalue weighted by Crippen LogP contribution is 2.23. The zero-order valence-electron chi connectivity index (χ0n) is 15.8. The highest BCUT2D eigenvalue weighted by molar-refractivity contribution is 5.92. The predicted molar refractivity (Wildman–Crippen MR) is 97.9 cm³/mol. The number of methoxy groups -OCH3 is 1. The van der Waals surface area contributed by atoms with E-state index in [0.29, 0.717) is 16.8 Å². The van der Waals surface area contributed by atoms with Crippen molar-refractivity contribution in [1.29, 1.82) is 0 Å². The summed E-state index contributed by atoms with van der Waals surface area (Å²) >= 11 is 0.